The Balaban J connectivity index is 1.63. The number of rotatable bonds is 9. The molecule has 0 aliphatic heterocycles. The van der Waals surface area contributed by atoms with Gasteiger partial charge in [-0.1, -0.05) is 41.6 Å². The number of halogens is 1. The van der Waals surface area contributed by atoms with Crippen LogP contribution in [-0.2, 0) is 22.6 Å². The number of anilines is 2. The molecule has 0 saturated carbocycles. The third-order valence-corrected chi connectivity index (χ3v) is 6.09. The van der Waals surface area contributed by atoms with Gasteiger partial charge in [-0.2, -0.15) is 0 Å². The topological polar surface area (TPSA) is 88.9 Å². The highest BCUT2D eigenvalue weighted by Gasteiger charge is 2.17. The van der Waals surface area contributed by atoms with Crippen LogP contribution < -0.4 is 10.6 Å². The van der Waals surface area contributed by atoms with Crippen molar-refractivity contribution in [1.29, 1.82) is 0 Å². The molecule has 0 atom stereocenters. The molecular weight excluding hydrogens is 458 g/mol. The van der Waals surface area contributed by atoms with Crippen molar-refractivity contribution in [2.75, 3.05) is 16.4 Å². The molecule has 2 amide bonds. The standard InChI is InChI=1S/C24H26ClN5O2S/c1-5-8-30-21(13-22(31)26-18-7-6-17(4)20(25)12-18)28-29-24(30)33-14-23(32)27-19-10-15(2)9-16(3)11-19/h5-7,9-12H,1,8,13-14H2,2-4H3,(H,26,31)(H,27,32). The minimum absolute atomic E-state index is 0.0294. The van der Waals surface area contributed by atoms with Crippen molar-refractivity contribution < 1.29 is 9.59 Å². The number of hydrogen-bond donors (Lipinski definition) is 2. The lowest BCUT2D eigenvalue weighted by Crippen LogP contribution is -2.18. The van der Waals surface area contributed by atoms with Gasteiger partial charge in [0.1, 0.15) is 5.82 Å². The van der Waals surface area contributed by atoms with Crippen LogP contribution in [0.5, 0.6) is 0 Å². The molecule has 3 aromatic rings. The zero-order chi connectivity index (χ0) is 24.0. The van der Waals surface area contributed by atoms with Gasteiger partial charge in [0.2, 0.25) is 11.8 Å². The summed E-state index contributed by atoms with van der Waals surface area (Å²) in [5.41, 5.74) is 4.48. The number of aryl methyl sites for hydroxylation is 3. The summed E-state index contributed by atoms with van der Waals surface area (Å²) in [6, 6.07) is 11.2. The van der Waals surface area contributed by atoms with E-state index in [1.807, 2.05) is 45.0 Å². The van der Waals surface area contributed by atoms with Gasteiger partial charge in [-0.05, 0) is 61.7 Å². The zero-order valence-electron chi connectivity index (χ0n) is 18.8. The molecule has 3 rings (SSSR count). The number of hydrogen-bond acceptors (Lipinski definition) is 5. The van der Waals surface area contributed by atoms with E-state index < -0.39 is 0 Å². The average Bonchev–Trinajstić information content (AvgIpc) is 3.10. The van der Waals surface area contributed by atoms with E-state index in [1.54, 1.807) is 22.8 Å². The molecule has 1 aromatic heterocycles. The Labute approximate surface area is 202 Å². The summed E-state index contributed by atoms with van der Waals surface area (Å²) in [6.45, 7) is 10.1. The third kappa shape index (κ3) is 6.94. The summed E-state index contributed by atoms with van der Waals surface area (Å²) in [5, 5.41) is 15.2. The molecule has 33 heavy (non-hydrogen) atoms. The van der Waals surface area contributed by atoms with Crippen molar-refractivity contribution in [1.82, 2.24) is 14.8 Å². The van der Waals surface area contributed by atoms with Crippen LogP contribution in [0.1, 0.15) is 22.5 Å². The lowest BCUT2D eigenvalue weighted by molar-refractivity contribution is -0.116. The Morgan fingerprint density at radius 1 is 1.03 bits per heavy atom. The van der Waals surface area contributed by atoms with Crippen molar-refractivity contribution in [3.05, 3.63) is 76.6 Å². The number of nitrogens with zero attached hydrogens (tertiary/aromatic N) is 3. The molecule has 7 nitrogen and oxygen atoms in total. The molecular formula is C24H26ClN5O2S. The van der Waals surface area contributed by atoms with Crippen LogP contribution in [-0.4, -0.2) is 32.3 Å². The Kier molecular flexibility index (Phi) is 8.30. The van der Waals surface area contributed by atoms with Crippen molar-refractivity contribution >= 4 is 46.6 Å². The minimum atomic E-state index is -0.239. The van der Waals surface area contributed by atoms with Crippen molar-refractivity contribution in [3.8, 4) is 0 Å². The van der Waals surface area contributed by atoms with Gasteiger partial charge < -0.3 is 15.2 Å². The van der Waals surface area contributed by atoms with Crippen LogP contribution in [0.15, 0.2) is 54.2 Å². The number of carbonyl (C=O) groups is 2. The lowest BCUT2D eigenvalue weighted by atomic mass is 10.1. The lowest BCUT2D eigenvalue weighted by Gasteiger charge is -2.10. The summed E-state index contributed by atoms with van der Waals surface area (Å²) in [6.07, 6.45) is 1.73. The number of aromatic nitrogens is 3. The fraction of sp³-hybridized carbons (Fsp3) is 0.250. The van der Waals surface area contributed by atoms with E-state index >= 15 is 0 Å². The fourth-order valence-corrected chi connectivity index (χ4v) is 4.21. The number of thioether (sulfide) groups is 1. The molecule has 0 spiro atoms. The second-order valence-electron chi connectivity index (χ2n) is 7.70. The SMILES string of the molecule is C=CCn1c(CC(=O)Nc2ccc(C)c(Cl)c2)nnc1SCC(=O)Nc1cc(C)cc(C)c1. The number of allylic oxidation sites excluding steroid dienone is 1. The first-order valence-corrected chi connectivity index (χ1v) is 11.7. The van der Waals surface area contributed by atoms with Gasteiger partial charge in [-0.3, -0.25) is 9.59 Å². The van der Waals surface area contributed by atoms with Crippen LogP contribution in [0.3, 0.4) is 0 Å². The van der Waals surface area contributed by atoms with Crippen LogP contribution in [0.25, 0.3) is 0 Å². The largest absolute Gasteiger partial charge is 0.326 e. The predicted molar refractivity (Wildman–Crippen MR) is 134 cm³/mol. The molecule has 1 heterocycles. The molecule has 0 saturated heterocycles. The maximum Gasteiger partial charge on any atom is 0.234 e. The van der Waals surface area contributed by atoms with Gasteiger partial charge >= 0.3 is 0 Å². The summed E-state index contributed by atoms with van der Waals surface area (Å²) in [7, 11) is 0. The second-order valence-corrected chi connectivity index (χ2v) is 9.05. The van der Waals surface area contributed by atoms with E-state index in [0.29, 0.717) is 28.2 Å². The summed E-state index contributed by atoms with van der Waals surface area (Å²) >= 11 is 7.39. The van der Waals surface area contributed by atoms with Crippen LogP contribution >= 0.6 is 23.4 Å². The Bertz CT molecular complexity index is 1170. The van der Waals surface area contributed by atoms with Crippen molar-refractivity contribution in [2.45, 2.75) is 38.9 Å². The van der Waals surface area contributed by atoms with E-state index in [2.05, 4.69) is 27.4 Å². The molecule has 2 N–H and O–H groups in total. The number of benzene rings is 2. The van der Waals surface area contributed by atoms with Gasteiger partial charge in [-0.15, -0.1) is 16.8 Å². The van der Waals surface area contributed by atoms with Crippen LogP contribution in [0.4, 0.5) is 11.4 Å². The monoisotopic (exact) mass is 483 g/mol. The summed E-state index contributed by atoms with van der Waals surface area (Å²) in [4.78, 5) is 25.0. The Morgan fingerprint density at radius 3 is 2.39 bits per heavy atom. The van der Waals surface area contributed by atoms with E-state index in [-0.39, 0.29) is 24.0 Å². The van der Waals surface area contributed by atoms with Crippen molar-refractivity contribution in [3.63, 3.8) is 0 Å². The van der Waals surface area contributed by atoms with Gasteiger partial charge in [0.15, 0.2) is 5.16 Å². The highest BCUT2D eigenvalue weighted by Crippen LogP contribution is 2.21. The third-order valence-electron chi connectivity index (χ3n) is 4.72. The van der Waals surface area contributed by atoms with Gasteiger partial charge in [-0.25, -0.2) is 0 Å². The van der Waals surface area contributed by atoms with Gasteiger partial charge in [0.05, 0.1) is 12.2 Å². The molecule has 9 heteroatoms. The molecule has 0 radical (unpaired) electrons. The van der Waals surface area contributed by atoms with E-state index in [9.17, 15) is 9.59 Å². The quantitative estimate of drug-likeness (QED) is 0.332. The summed E-state index contributed by atoms with van der Waals surface area (Å²) in [5.74, 6) is 0.268. The summed E-state index contributed by atoms with van der Waals surface area (Å²) < 4.78 is 1.78. The molecule has 0 bridgehead atoms. The first-order chi connectivity index (χ1) is 15.7. The first-order valence-electron chi connectivity index (χ1n) is 10.3. The molecule has 0 aliphatic carbocycles. The van der Waals surface area contributed by atoms with Crippen LogP contribution in [0, 0.1) is 20.8 Å². The van der Waals surface area contributed by atoms with Gasteiger partial charge in [0, 0.05) is 22.9 Å². The van der Waals surface area contributed by atoms with Crippen molar-refractivity contribution in [2.24, 2.45) is 0 Å². The number of nitrogens with one attached hydrogen (secondary N) is 2. The van der Waals surface area contributed by atoms with E-state index in [0.717, 1.165) is 22.4 Å². The number of amides is 2. The maximum atomic E-state index is 12.5. The molecule has 0 unspecified atom stereocenters. The van der Waals surface area contributed by atoms with Gasteiger partial charge in [0.25, 0.3) is 0 Å². The van der Waals surface area contributed by atoms with E-state index in [1.165, 1.54) is 11.8 Å². The molecule has 172 valence electrons. The predicted octanol–water partition coefficient (Wildman–Crippen LogP) is 4.95. The van der Waals surface area contributed by atoms with E-state index in [4.69, 9.17) is 11.6 Å². The first kappa shape index (κ1) is 24.5. The normalized spacial score (nSPS) is 10.7. The Morgan fingerprint density at radius 2 is 1.73 bits per heavy atom. The smallest absolute Gasteiger partial charge is 0.234 e. The highest BCUT2D eigenvalue weighted by atomic mass is 35.5. The van der Waals surface area contributed by atoms with Crippen LogP contribution in [0.2, 0.25) is 5.02 Å². The Hall–Kier alpha value is -3.10. The zero-order valence-corrected chi connectivity index (χ0v) is 20.4. The minimum Gasteiger partial charge on any atom is -0.326 e. The molecule has 0 fully saturated rings. The molecule has 2 aromatic carbocycles. The second kappa shape index (κ2) is 11.2. The highest BCUT2D eigenvalue weighted by molar-refractivity contribution is 7.99. The maximum absolute atomic E-state index is 12.5. The average molecular weight is 484 g/mol. The number of carbonyl (C=O) groups excluding carboxylic acids is 2. The molecule has 0 aliphatic rings. The fourth-order valence-electron chi connectivity index (χ4n) is 3.26.